The van der Waals surface area contributed by atoms with Crippen LogP contribution in [0.1, 0.15) is 25.0 Å². The van der Waals surface area contributed by atoms with E-state index in [1.165, 1.54) is 86.3 Å². The van der Waals surface area contributed by atoms with Gasteiger partial charge in [-0.2, -0.15) is 0 Å². The lowest BCUT2D eigenvalue weighted by Crippen LogP contribution is -2.14. The summed E-state index contributed by atoms with van der Waals surface area (Å²) in [6.45, 7) is 4.70. The van der Waals surface area contributed by atoms with Gasteiger partial charge in [-0.15, -0.1) is 0 Å². The fraction of sp³-hybridized carbons (Fsp3) is 0.0526. The SMILES string of the molecule is CC1(C)c2ccccc2-c2ccc(-c3ccc(N(c4ccc5c(c4)=c4ccccc4=c4ccccc4=c4ccccc4=5)c4ccccc4-c4ccccc4)cc3)cc21. The van der Waals surface area contributed by atoms with Crippen LogP contribution in [0.5, 0.6) is 0 Å². The highest BCUT2D eigenvalue weighted by molar-refractivity contribution is 5.89. The molecule has 0 aromatic heterocycles. The van der Waals surface area contributed by atoms with Crippen molar-refractivity contribution in [2.75, 3.05) is 4.90 Å². The minimum atomic E-state index is -0.0502. The van der Waals surface area contributed by atoms with Crippen LogP contribution < -0.4 is 4.90 Å². The molecule has 0 N–H and O–H groups in total. The number of nitrogens with zero attached hydrogens (tertiary/aromatic N) is 1. The van der Waals surface area contributed by atoms with E-state index in [9.17, 15) is 0 Å². The van der Waals surface area contributed by atoms with Gasteiger partial charge in [0, 0.05) is 22.4 Å². The van der Waals surface area contributed by atoms with Crippen LogP contribution in [0.3, 0.4) is 0 Å². The summed E-state index contributed by atoms with van der Waals surface area (Å²) in [4.78, 5) is 2.44. The number of anilines is 3. The molecule has 0 spiro atoms. The minimum Gasteiger partial charge on any atom is -0.310 e. The zero-order chi connectivity index (χ0) is 38.8. The number of benzene rings is 9. The lowest BCUT2D eigenvalue weighted by molar-refractivity contribution is 0.660. The second-order valence-corrected chi connectivity index (χ2v) is 16.1. The molecule has 58 heavy (non-hydrogen) atoms. The van der Waals surface area contributed by atoms with E-state index < -0.39 is 0 Å². The van der Waals surface area contributed by atoms with Crippen molar-refractivity contribution in [3.63, 3.8) is 0 Å². The third kappa shape index (κ3) is 5.39. The molecule has 0 heterocycles. The van der Waals surface area contributed by atoms with E-state index in [0.29, 0.717) is 0 Å². The predicted molar refractivity (Wildman–Crippen MR) is 240 cm³/mol. The summed E-state index contributed by atoms with van der Waals surface area (Å²) >= 11 is 0. The molecule has 9 aromatic rings. The fourth-order valence-corrected chi connectivity index (χ4v) is 9.63. The molecule has 0 saturated heterocycles. The number of para-hydroxylation sites is 1. The summed E-state index contributed by atoms with van der Waals surface area (Å²) in [5.41, 5.74) is 13.6. The van der Waals surface area contributed by atoms with Crippen molar-refractivity contribution in [3.8, 4) is 33.4 Å². The molecule has 0 bridgehead atoms. The van der Waals surface area contributed by atoms with Crippen molar-refractivity contribution in [1.82, 2.24) is 0 Å². The van der Waals surface area contributed by atoms with Gasteiger partial charge < -0.3 is 4.90 Å². The maximum absolute atomic E-state index is 2.44. The van der Waals surface area contributed by atoms with Gasteiger partial charge in [-0.05, 0) is 117 Å². The van der Waals surface area contributed by atoms with Gasteiger partial charge in [0.05, 0.1) is 5.69 Å². The van der Waals surface area contributed by atoms with Crippen LogP contribution in [0.4, 0.5) is 17.1 Å². The number of hydrogen-bond donors (Lipinski definition) is 0. The van der Waals surface area contributed by atoms with Crippen LogP contribution in [0.2, 0.25) is 0 Å². The van der Waals surface area contributed by atoms with E-state index in [1.54, 1.807) is 0 Å². The molecule has 0 atom stereocenters. The van der Waals surface area contributed by atoms with Crippen molar-refractivity contribution in [1.29, 1.82) is 0 Å². The van der Waals surface area contributed by atoms with E-state index in [1.807, 2.05) is 0 Å². The second kappa shape index (κ2) is 13.5. The van der Waals surface area contributed by atoms with Crippen LogP contribution in [-0.4, -0.2) is 0 Å². The summed E-state index contributed by atoms with van der Waals surface area (Å²) in [5.74, 6) is 0. The van der Waals surface area contributed by atoms with Gasteiger partial charge in [-0.25, -0.2) is 0 Å². The summed E-state index contributed by atoms with van der Waals surface area (Å²) < 4.78 is 0. The summed E-state index contributed by atoms with van der Waals surface area (Å²) in [7, 11) is 0. The molecule has 0 radical (unpaired) electrons. The molecule has 2 aliphatic rings. The molecule has 0 fully saturated rings. The van der Waals surface area contributed by atoms with Gasteiger partial charge in [0.1, 0.15) is 0 Å². The highest BCUT2D eigenvalue weighted by atomic mass is 15.1. The van der Waals surface area contributed by atoms with Crippen molar-refractivity contribution in [2.45, 2.75) is 19.3 Å². The molecular weight excluding hydrogens is 699 g/mol. The summed E-state index contributed by atoms with van der Waals surface area (Å²) in [6.07, 6.45) is 0. The van der Waals surface area contributed by atoms with E-state index >= 15 is 0 Å². The molecule has 9 aromatic carbocycles. The normalized spacial score (nSPS) is 12.8. The first-order chi connectivity index (χ1) is 28.5. The Balaban J connectivity index is 1.15. The molecule has 0 aliphatic heterocycles. The number of hydrogen-bond acceptors (Lipinski definition) is 1. The smallest absolute Gasteiger partial charge is 0.0540 e. The lowest BCUT2D eigenvalue weighted by Gasteiger charge is -2.28. The summed E-state index contributed by atoms with van der Waals surface area (Å²) in [6, 6.07) is 78.3. The van der Waals surface area contributed by atoms with Gasteiger partial charge in [0.2, 0.25) is 0 Å². The van der Waals surface area contributed by atoms with Gasteiger partial charge in [0.25, 0.3) is 0 Å². The maximum Gasteiger partial charge on any atom is 0.0540 e. The Labute approximate surface area is 338 Å². The van der Waals surface area contributed by atoms with Crippen molar-refractivity contribution < 1.29 is 0 Å². The zero-order valence-electron chi connectivity index (χ0n) is 32.7. The number of fused-ring (bicyclic) bond motifs is 7. The molecule has 274 valence electrons. The third-order valence-corrected chi connectivity index (χ3v) is 12.5. The first-order valence-corrected chi connectivity index (χ1v) is 20.3. The van der Waals surface area contributed by atoms with Gasteiger partial charge in [-0.3, -0.25) is 0 Å². The van der Waals surface area contributed by atoms with Gasteiger partial charge >= 0.3 is 0 Å². The average molecular weight is 740 g/mol. The van der Waals surface area contributed by atoms with E-state index in [0.717, 1.165) is 17.1 Å². The van der Waals surface area contributed by atoms with E-state index in [2.05, 4.69) is 231 Å². The van der Waals surface area contributed by atoms with Crippen molar-refractivity contribution in [3.05, 3.63) is 265 Å². The van der Waals surface area contributed by atoms with Gasteiger partial charge in [0.15, 0.2) is 0 Å². The van der Waals surface area contributed by atoms with Gasteiger partial charge in [-0.1, -0.05) is 190 Å². The Bertz CT molecular complexity index is 3470. The first-order valence-electron chi connectivity index (χ1n) is 20.3. The Kier molecular flexibility index (Phi) is 7.91. The second-order valence-electron chi connectivity index (χ2n) is 16.1. The van der Waals surface area contributed by atoms with Crippen LogP contribution in [0.25, 0.3) is 33.4 Å². The molecule has 1 nitrogen and oxygen atoms in total. The highest BCUT2D eigenvalue weighted by Gasteiger charge is 2.35. The Morgan fingerprint density at radius 2 is 0.759 bits per heavy atom. The summed E-state index contributed by atoms with van der Waals surface area (Å²) in [5, 5.41) is 9.93. The average Bonchev–Trinajstić information content (AvgIpc) is 3.52. The van der Waals surface area contributed by atoms with E-state index in [4.69, 9.17) is 0 Å². The molecule has 0 saturated carbocycles. The van der Waals surface area contributed by atoms with Crippen molar-refractivity contribution >= 4 is 17.1 Å². The predicted octanol–water partition coefficient (Wildman–Crippen LogP) is 14.3. The first kappa shape index (κ1) is 34.1. The van der Waals surface area contributed by atoms with Crippen LogP contribution >= 0.6 is 0 Å². The largest absolute Gasteiger partial charge is 0.310 e. The topological polar surface area (TPSA) is 3.24 Å². The van der Waals surface area contributed by atoms with Crippen LogP contribution in [0, 0.1) is 41.7 Å². The maximum atomic E-state index is 2.44. The Hall–Kier alpha value is -7.22. The Morgan fingerprint density at radius 1 is 0.293 bits per heavy atom. The zero-order valence-corrected chi connectivity index (χ0v) is 32.7. The molecule has 11 rings (SSSR count). The number of rotatable bonds is 5. The molecule has 0 amide bonds. The lowest BCUT2D eigenvalue weighted by atomic mass is 9.81. The standard InChI is InChI=1S/C57H41N/c1-57(2)54-26-14-12-25-51(54)52-34-30-40(36-55(52)57)38-28-31-41(32-29-38)58(56-27-15-13-18-43(56)39-16-4-3-5-17-39)42-33-35-50-48-23-9-8-21-46(48)44-19-6-7-20-45(44)47-22-10-11-24-49(47)53(50)37-42/h3-37H,1-2H3. The molecule has 1 heteroatoms. The molecular formula is C57H41N. The van der Waals surface area contributed by atoms with Crippen molar-refractivity contribution in [2.24, 2.45) is 0 Å². The minimum absolute atomic E-state index is 0.0502. The third-order valence-electron chi connectivity index (χ3n) is 12.5. The monoisotopic (exact) mass is 739 g/mol. The highest BCUT2D eigenvalue weighted by Crippen LogP contribution is 2.50. The fourth-order valence-electron chi connectivity index (χ4n) is 9.63. The van der Waals surface area contributed by atoms with Crippen LogP contribution in [-0.2, 0) is 5.41 Å². The molecule has 2 aliphatic carbocycles. The Morgan fingerprint density at radius 3 is 1.40 bits per heavy atom. The quantitative estimate of drug-likeness (QED) is 0.170. The molecule has 0 unspecified atom stereocenters. The van der Waals surface area contributed by atoms with Crippen LogP contribution in [0.15, 0.2) is 212 Å². The van der Waals surface area contributed by atoms with E-state index in [-0.39, 0.29) is 5.41 Å².